The Morgan fingerprint density at radius 1 is 1.48 bits per heavy atom. The average Bonchev–Trinajstić information content (AvgIpc) is 2.32. The molecule has 1 unspecified atom stereocenters. The third-order valence-corrected chi connectivity index (χ3v) is 3.79. The van der Waals surface area contributed by atoms with Gasteiger partial charge < -0.3 is 9.47 Å². The van der Waals surface area contributed by atoms with Gasteiger partial charge in [0.1, 0.15) is 11.0 Å². The maximum atomic E-state index is 13.5. The number of primary sulfonamides is 1. The first-order valence-corrected chi connectivity index (χ1v) is 7.42. The second-order valence-electron chi connectivity index (χ2n) is 4.08. The molecule has 21 heavy (non-hydrogen) atoms. The second kappa shape index (κ2) is 6.65. The summed E-state index contributed by atoms with van der Waals surface area (Å²) in [7, 11) is -3.29. The molecular weight excluding hydrogens is 332 g/mol. The van der Waals surface area contributed by atoms with Gasteiger partial charge >= 0.3 is 5.97 Å². The first kappa shape index (κ1) is 17.8. The quantitative estimate of drug-likeness (QED) is 0.645. The summed E-state index contributed by atoms with van der Waals surface area (Å²) in [6.45, 7) is 1.53. The number of carbonyl (C=O) groups is 1. The van der Waals surface area contributed by atoms with Crippen LogP contribution in [0.5, 0.6) is 0 Å². The first-order valence-electron chi connectivity index (χ1n) is 5.49. The molecule has 118 valence electrons. The lowest BCUT2D eigenvalue weighted by atomic mass is 10.2. The number of carbonyl (C=O) groups excluding carboxylic acids is 1. The van der Waals surface area contributed by atoms with E-state index in [0.29, 0.717) is 6.07 Å². The van der Waals surface area contributed by atoms with E-state index >= 15 is 0 Å². The van der Waals surface area contributed by atoms with Crippen LogP contribution in [0.25, 0.3) is 0 Å². The fourth-order valence-corrected chi connectivity index (χ4v) is 2.74. The van der Waals surface area contributed by atoms with Gasteiger partial charge in [-0.1, -0.05) is 11.6 Å². The van der Waals surface area contributed by atoms with Gasteiger partial charge in [-0.2, -0.15) is 0 Å². The third kappa shape index (κ3) is 4.10. The molecule has 1 rings (SSSR count). The van der Waals surface area contributed by atoms with E-state index in [0.717, 1.165) is 0 Å². The Balaban J connectivity index is 3.33. The van der Waals surface area contributed by atoms with Crippen LogP contribution in [-0.4, -0.2) is 34.2 Å². The maximum absolute atomic E-state index is 13.5. The van der Waals surface area contributed by atoms with Gasteiger partial charge in [-0.25, -0.2) is 27.1 Å². The van der Waals surface area contributed by atoms with E-state index in [4.69, 9.17) is 26.2 Å². The molecule has 0 spiro atoms. The van der Waals surface area contributed by atoms with Crippen molar-refractivity contribution in [2.45, 2.75) is 17.9 Å². The molecule has 1 aromatic carbocycles. The van der Waals surface area contributed by atoms with Crippen LogP contribution >= 0.6 is 11.6 Å². The SMILES string of the molecule is COCC(C)OC(=O)c1cc(F)c(F)c(S(N)(=O)=O)c1Cl. The first-order chi connectivity index (χ1) is 9.59. The Kier molecular flexibility index (Phi) is 5.62. The number of hydrogen-bond acceptors (Lipinski definition) is 5. The van der Waals surface area contributed by atoms with Crippen LogP contribution in [0.1, 0.15) is 17.3 Å². The minimum Gasteiger partial charge on any atom is -0.457 e. The molecule has 0 bridgehead atoms. The lowest BCUT2D eigenvalue weighted by molar-refractivity contribution is 0.0119. The van der Waals surface area contributed by atoms with Crippen LogP contribution < -0.4 is 5.14 Å². The zero-order chi connectivity index (χ0) is 16.4. The lowest BCUT2D eigenvalue weighted by Gasteiger charge is -2.14. The number of ether oxygens (including phenoxy) is 2. The Bertz CT molecular complexity index is 665. The molecule has 0 fully saturated rings. The van der Waals surface area contributed by atoms with Crippen molar-refractivity contribution in [1.82, 2.24) is 0 Å². The van der Waals surface area contributed by atoms with Crippen molar-refractivity contribution in [3.8, 4) is 0 Å². The maximum Gasteiger partial charge on any atom is 0.340 e. The number of sulfonamides is 1. The molecule has 0 heterocycles. The van der Waals surface area contributed by atoms with Gasteiger partial charge in [0.15, 0.2) is 11.6 Å². The van der Waals surface area contributed by atoms with Gasteiger partial charge in [-0.3, -0.25) is 0 Å². The minimum atomic E-state index is -4.66. The van der Waals surface area contributed by atoms with E-state index in [1.54, 1.807) is 0 Å². The number of rotatable bonds is 5. The van der Waals surface area contributed by atoms with Crippen molar-refractivity contribution in [2.24, 2.45) is 5.14 Å². The summed E-state index contributed by atoms with van der Waals surface area (Å²) in [6.07, 6.45) is -0.704. The number of esters is 1. The summed E-state index contributed by atoms with van der Waals surface area (Å²) in [5, 5.41) is 3.91. The van der Waals surface area contributed by atoms with Gasteiger partial charge in [-0.15, -0.1) is 0 Å². The van der Waals surface area contributed by atoms with Crippen LogP contribution in [0.4, 0.5) is 8.78 Å². The number of nitrogens with two attached hydrogens (primary N) is 1. The highest BCUT2D eigenvalue weighted by Crippen LogP contribution is 2.30. The topological polar surface area (TPSA) is 95.7 Å². The van der Waals surface area contributed by atoms with Crippen molar-refractivity contribution in [2.75, 3.05) is 13.7 Å². The number of benzene rings is 1. The molecule has 2 N–H and O–H groups in total. The molecule has 1 atom stereocenters. The standard InChI is InChI=1S/C11H12ClF2NO5S/c1-5(4-19-2)20-11(16)6-3-7(13)9(14)10(8(6)12)21(15,17)18/h3,5H,4H2,1-2H3,(H2,15,17,18). The largest absolute Gasteiger partial charge is 0.457 e. The molecule has 0 aliphatic heterocycles. The summed E-state index contributed by atoms with van der Waals surface area (Å²) >= 11 is 5.63. The highest BCUT2D eigenvalue weighted by atomic mass is 35.5. The van der Waals surface area contributed by atoms with E-state index in [1.807, 2.05) is 0 Å². The molecule has 0 aliphatic carbocycles. The van der Waals surface area contributed by atoms with Crippen molar-refractivity contribution in [1.29, 1.82) is 0 Å². The van der Waals surface area contributed by atoms with E-state index in [9.17, 15) is 22.0 Å². The molecule has 0 saturated carbocycles. The van der Waals surface area contributed by atoms with Crippen molar-refractivity contribution >= 4 is 27.6 Å². The van der Waals surface area contributed by atoms with E-state index < -0.39 is 49.2 Å². The monoisotopic (exact) mass is 343 g/mol. The number of halogens is 3. The molecule has 0 saturated heterocycles. The van der Waals surface area contributed by atoms with E-state index in [-0.39, 0.29) is 6.61 Å². The van der Waals surface area contributed by atoms with Crippen molar-refractivity contribution < 1.29 is 31.5 Å². The third-order valence-electron chi connectivity index (χ3n) is 2.33. The predicted molar refractivity (Wildman–Crippen MR) is 69.5 cm³/mol. The van der Waals surface area contributed by atoms with Gasteiger partial charge in [0.2, 0.25) is 10.0 Å². The van der Waals surface area contributed by atoms with Crippen LogP contribution in [0.2, 0.25) is 5.02 Å². The Hall–Kier alpha value is -1.29. The lowest BCUT2D eigenvalue weighted by Crippen LogP contribution is -2.22. The highest BCUT2D eigenvalue weighted by Gasteiger charge is 2.29. The van der Waals surface area contributed by atoms with Crippen molar-refractivity contribution in [3.63, 3.8) is 0 Å². The highest BCUT2D eigenvalue weighted by molar-refractivity contribution is 7.89. The smallest absolute Gasteiger partial charge is 0.340 e. The summed E-state index contributed by atoms with van der Waals surface area (Å²) in [5.41, 5.74) is -0.650. The fourth-order valence-electron chi connectivity index (χ4n) is 1.49. The number of methoxy groups -OCH3 is 1. The van der Waals surface area contributed by atoms with Crippen LogP contribution in [0.3, 0.4) is 0 Å². The molecule has 0 amide bonds. The summed E-state index contributed by atoms with van der Waals surface area (Å²) in [6, 6.07) is 0.439. The predicted octanol–water partition coefficient (Wildman–Crippen LogP) is 1.46. The molecular formula is C11H12ClF2NO5S. The molecule has 0 aromatic heterocycles. The minimum absolute atomic E-state index is 0.0507. The summed E-state index contributed by atoms with van der Waals surface area (Å²) in [4.78, 5) is 10.5. The molecule has 6 nitrogen and oxygen atoms in total. The fraction of sp³-hybridized carbons (Fsp3) is 0.364. The van der Waals surface area contributed by atoms with Crippen LogP contribution in [0, 0.1) is 11.6 Å². The van der Waals surface area contributed by atoms with Crippen molar-refractivity contribution in [3.05, 3.63) is 28.3 Å². The number of hydrogen-bond donors (Lipinski definition) is 1. The van der Waals surface area contributed by atoms with E-state index in [2.05, 4.69) is 0 Å². The van der Waals surface area contributed by atoms with Crippen LogP contribution in [0.15, 0.2) is 11.0 Å². The molecule has 0 radical (unpaired) electrons. The van der Waals surface area contributed by atoms with E-state index in [1.165, 1.54) is 14.0 Å². The molecule has 10 heteroatoms. The molecule has 0 aliphatic rings. The average molecular weight is 344 g/mol. The zero-order valence-electron chi connectivity index (χ0n) is 11.0. The van der Waals surface area contributed by atoms with Gasteiger partial charge in [0.25, 0.3) is 0 Å². The Morgan fingerprint density at radius 2 is 2.05 bits per heavy atom. The zero-order valence-corrected chi connectivity index (χ0v) is 12.6. The normalized spacial score (nSPS) is 13.0. The summed E-state index contributed by atoms with van der Waals surface area (Å²) in [5.74, 6) is -4.48. The van der Waals surface area contributed by atoms with Gasteiger partial charge in [0, 0.05) is 7.11 Å². The molecule has 1 aromatic rings. The summed E-state index contributed by atoms with van der Waals surface area (Å²) < 4.78 is 59.0. The second-order valence-corrected chi connectivity index (χ2v) is 5.96. The van der Waals surface area contributed by atoms with Gasteiger partial charge in [0.05, 0.1) is 17.2 Å². The Morgan fingerprint density at radius 3 is 2.52 bits per heavy atom. The van der Waals surface area contributed by atoms with Gasteiger partial charge in [-0.05, 0) is 13.0 Å². The van der Waals surface area contributed by atoms with Crippen LogP contribution in [-0.2, 0) is 19.5 Å². The Labute approximate surface area is 124 Å².